The van der Waals surface area contributed by atoms with Gasteiger partial charge in [-0.05, 0) is 18.2 Å². The van der Waals surface area contributed by atoms with Crippen LogP contribution in [0.4, 0.5) is 4.39 Å². The highest BCUT2D eigenvalue weighted by molar-refractivity contribution is 7.89. The molecule has 0 atom stereocenters. The van der Waals surface area contributed by atoms with Crippen molar-refractivity contribution >= 4 is 10.0 Å². The van der Waals surface area contributed by atoms with E-state index in [0.29, 0.717) is 26.1 Å². The Labute approximate surface area is 105 Å². The smallest absolute Gasteiger partial charge is 0.241 e. The molecule has 0 aliphatic carbocycles. The van der Waals surface area contributed by atoms with Crippen LogP contribution in [-0.4, -0.2) is 27.7 Å². The summed E-state index contributed by atoms with van der Waals surface area (Å²) in [5.41, 5.74) is 0. The molecule has 0 spiro atoms. The number of halogens is 1. The number of primary sulfonamides is 1. The molecule has 1 aromatic carbocycles. The second-order valence-electron chi connectivity index (χ2n) is 4.07. The third kappa shape index (κ3) is 3.18. The van der Waals surface area contributed by atoms with Gasteiger partial charge in [0.15, 0.2) is 0 Å². The van der Waals surface area contributed by atoms with Crippen LogP contribution in [0.15, 0.2) is 23.1 Å². The third-order valence-corrected chi connectivity index (χ3v) is 3.61. The summed E-state index contributed by atoms with van der Waals surface area (Å²) in [5.74, 6) is -0.579. The topological polar surface area (TPSA) is 78.6 Å². The lowest BCUT2D eigenvalue weighted by atomic mass is 10.1. The number of hydrogen-bond donors (Lipinski definition) is 1. The largest absolute Gasteiger partial charge is 0.489 e. The highest BCUT2D eigenvalue weighted by Gasteiger charge is 2.21. The van der Waals surface area contributed by atoms with Crippen molar-refractivity contribution in [2.75, 3.05) is 13.2 Å². The Bertz CT molecular complexity index is 526. The van der Waals surface area contributed by atoms with E-state index >= 15 is 0 Å². The molecule has 18 heavy (non-hydrogen) atoms. The summed E-state index contributed by atoms with van der Waals surface area (Å²) in [4.78, 5) is -0.325. The van der Waals surface area contributed by atoms with Crippen molar-refractivity contribution in [3.05, 3.63) is 24.0 Å². The van der Waals surface area contributed by atoms with Gasteiger partial charge >= 0.3 is 0 Å². The maximum absolute atomic E-state index is 13.1. The zero-order valence-electron chi connectivity index (χ0n) is 9.63. The number of benzene rings is 1. The van der Waals surface area contributed by atoms with Crippen LogP contribution < -0.4 is 9.88 Å². The first kappa shape index (κ1) is 13.3. The quantitative estimate of drug-likeness (QED) is 0.893. The molecular weight excluding hydrogens is 261 g/mol. The van der Waals surface area contributed by atoms with Crippen molar-refractivity contribution in [3.63, 3.8) is 0 Å². The van der Waals surface area contributed by atoms with Gasteiger partial charge in [-0.1, -0.05) is 0 Å². The van der Waals surface area contributed by atoms with Crippen molar-refractivity contribution in [1.82, 2.24) is 0 Å². The fraction of sp³-hybridized carbons (Fsp3) is 0.455. The van der Waals surface area contributed by atoms with E-state index in [0.717, 1.165) is 12.1 Å². The minimum Gasteiger partial charge on any atom is -0.489 e. The van der Waals surface area contributed by atoms with Crippen molar-refractivity contribution in [2.45, 2.75) is 23.8 Å². The minimum atomic E-state index is -4.00. The van der Waals surface area contributed by atoms with Crippen LogP contribution >= 0.6 is 0 Å². The molecule has 1 aliphatic heterocycles. The minimum absolute atomic E-state index is 0.0887. The summed E-state index contributed by atoms with van der Waals surface area (Å²) in [6, 6.07) is 3.29. The summed E-state index contributed by atoms with van der Waals surface area (Å²) in [6.07, 6.45) is 1.20. The van der Waals surface area contributed by atoms with Gasteiger partial charge in [-0.2, -0.15) is 0 Å². The molecule has 0 aromatic heterocycles. The molecule has 0 radical (unpaired) electrons. The second-order valence-corrected chi connectivity index (χ2v) is 5.60. The normalized spacial score (nSPS) is 17.7. The van der Waals surface area contributed by atoms with Gasteiger partial charge in [-0.15, -0.1) is 0 Å². The number of ether oxygens (including phenoxy) is 2. The molecule has 0 saturated carbocycles. The van der Waals surface area contributed by atoms with Crippen LogP contribution in [0.3, 0.4) is 0 Å². The van der Waals surface area contributed by atoms with E-state index in [1.807, 2.05) is 0 Å². The van der Waals surface area contributed by atoms with Crippen molar-refractivity contribution in [1.29, 1.82) is 0 Å². The summed E-state index contributed by atoms with van der Waals surface area (Å²) in [7, 11) is -4.00. The predicted molar refractivity (Wildman–Crippen MR) is 62.2 cm³/mol. The Morgan fingerprint density at radius 1 is 1.33 bits per heavy atom. The molecule has 5 nitrogen and oxygen atoms in total. The summed E-state index contributed by atoms with van der Waals surface area (Å²) < 4.78 is 46.5. The summed E-state index contributed by atoms with van der Waals surface area (Å²) in [5, 5.41) is 5.03. The lowest BCUT2D eigenvalue weighted by molar-refractivity contribution is 0.0243. The van der Waals surface area contributed by atoms with Crippen molar-refractivity contribution in [3.8, 4) is 5.75 Å². The molecule has 2 N–H and O–H groups in total. The number of sulfonamides is 1. The Hall–Kier alpha value is -1.18. The van der Waals surface area contributed by atoms with E-state index in [-0.39, 0.29) is 16.7 Å². The molecule has 0 bridgehead atoms. The predicted octanol–water partition coefficient (Wildman–Crippen LogP) is 1.03. The van der Waals surface area contributed by atoms with Crippen LogP contribution in [0, 0.1) is 5.82 Å². The van der Waals surface area contributed by atoms with Gasteiger partial charge in [-0.25, -0.2) is 17.9 Å². The highest BCUT2D eigenvalue weighted by Crippen LogP contribution is 2.26. The Balaban J connectivity index is 2.26. The lowest BCUT2D eigenvalue weighted by Gasteiger charge is -2.24. The Morgan fingerprint density at radius 3 is 2.61 bits per heavy atom. The molecule has 1 aromatic rings. The summed E-state index contributed by atoms with van der Waals surface area (Å²) in [6.45, 7) is 1.13. The van der Waals surface area contributed by atoms with E-state index in [2.05, 4.69) is 0 Å². The molecule has 1 aliphatic rings. The van der Waals surface area contributed by atoms with Crippen LogP contribution in [0.5, 0.6) is 5.75 Å². The van der Waals surface area contributed by atoms with E-state index in [1.54, 1.807) is 0 Å². The van der Waals surface area contributed by atoms with E-state index in [4.69, 9.17) is 14.6 Å². The first-order valence-corrected chi connectivity index (χ1v) is 7.08. The van der Waals surface area contributed by atoms with Crippen LogP contribution in [0.25, 0.3) is 0 Å². The zero-order valence-corrected chi connectivity index (χ0v) is 10.5. The number of hydrogen-bond acceptors (Lipinski definition) is 4. The molecule has 1 fully saturated rings. The lowest BCUT2D eigenvalue weighted by Crippen LogP contribution is -2.27. The number of rotatable bonds is 3. The third-order valence-electron chi connectivity index (χ3n) is 2.67. The maximum Gasteiger partial charge on any atom is 0.241 e. The molecule has 1 heterocycles. The molecule has 100 valence electrons. The van der Waals surface area contributed by atoms with Crippen LogP contribution in [0.1, 0.15) is 12.8 Å². The number of nitrogens with two attached hydrogens (primary N) is 1. The monoisotopic (exact) mass is 275 g/mol. The molecular formula is C11H14FNO4S. The molecule has 1 saturated heterocycles. The fourth-order valence-corrected chi connectivity index (χ4v) is 2.45. The standard InChI is InChI=1S/C11H14FNO4S/c12-8-1-2-10(11(7-8)18(13,14)15)17-9-3-5-16-6-4-9/h1-2,7,9H,3-6H2,(H2,13,14,15). The molecule has 7 heteroatoms. The van der Waals surface area contributed by atoms with Crippen LogP contribution in [0.2, 0.25) is 0 Å². The first-order valence-electron chi connectivity index (χ1n) is 5.53. The zero-order chi connectivity index (χ0) is 13.2. The average molecular weight is 275 g/mol. The SMILES string of the molecule is NS(=O)(=O)c1cc(F)ccc1OC1CCOCC1. The van der Waals surface area contributed by atoms with Gasteiger partial charge in [0.1, 0.15) is 22.6 Å². The maximum atomic E-state index is 13.1. The Morgan fingerprint density at radius 2 is 2.00 bits per heavy atom. The van der Waals surface area contributed by atoms with Gasteiger partial charge in [-0.3, -0.25) is 0 Å². The van der Waals surface area contributed by atoms with Gasteiger partial charge in [0.05, 0.1) is 13.2 Å². The van der Waals surface area contributed by atoms with E-state index < -0.39 is 15.8 Å². The fourth-order valence-electron chi connectivity index (χ4n) is 1.77. The van der Waals surface area contributed by atoms with Gasteiger partial charge in [0.2, 0.25) is 10.0 Å². The average Bonchev–Trinajstić information content (AvgIpc) is 2.31. The van der Waals surface area contributed by atoms with Crippen molar-refractivity contribution < 1.29 is 22.3 Å². The van der Waals surface area contributed by atoms with Crippen molar-refractivity contribution in [2.24, 2.45) is 5.14 Å². The van der Waals surface area contributed by atoms with E-state index in [9.17, 15) is 12.8 Å². The molecule has 0 unspecified atom stereocenters. The Kier molecular flexibility index (Phi) is 3.84. The molecule has 0 amide bonds. The van der Waals surface area contributed by atoms with E-state index in [1.165, 1.54) is 6.07 Å². The van der Waals surface area contributed by atoms with Crippen LogP contribution in [-0.2, 0) is 14.8 Å². The first-order chi connectivity index (χ1) is 8.47. The summed E-state index contributed by atoms with van der Waals surface area (Å²) >= 11 is 0. The second kappa shape index (κ2) is 5.21. The van der Waals surface area contributed by atoms with Gasteiger partial charge in [0, 0.05) is 12.8 Å². The molecule has 2 rings (SSSR count). The highest BCUT2D eigenvalue weighted by atomic mass is 32.2. The van der Waals surface area contributed by atoms with Gasteiger partial charge < -0.3 is 9.47 Å². The van der Waals surface area contributed by atoms with Gasteiger partial charge in [0.25, 0.3) is 0 Å².